The number of thiazole rings is 1. The third-order valence-electron chi connectivity index (χ3n) is 4.40. The Labute approximate surface area is 173 Å². The van der Waals surface area contributed by atoms with E-state index >= 15 is 0 Å². The fraction of sp³-hybridized carbons (Fsp3) is 0.200. The minimum atomic E-state index is -3.78. The van der Waals surface area contributed by atoms with Crippen LogP contribution in [0.25, 0.3) is 0 Å². The molecule has 7 nitrogen and oxygen atoms in total. The average Bonchev–Trinajstić information content (AvgIpc) is 3.24. The zero-order chi connectivity index (χ0) is 20.9. The van der Waals surface area contributed by atoms with Crippen molar-refractivity contribution in [3.05, 3.63) is 77.3 Å². The van der Waals surface area contributed by atoms with E-state index in [-0.39, 0.29) is 22.5 Å². The summed E-state index contributed by atoms with van der Waals surface area (Å²) in [4.78, 5) is 18.5. The van der Waals surface area contributed by atoms with E-state index in [2.05, 4.69) is 9.71 Å². The van der Waals surface area contributed by atoms with Crippen molar-refractivity contribution >= 4 is 32.4 Å². The van der Waals surface area contributed by atoms with Crippen LogP contribution in [-0.4, -0.2) is 42.5 Å². The molecule has 0 saturated carbocycles. The highest BCUT2D eigenvalue weighted by Gasteiger charge is 2.25. The Hall–Kier alpha value is -2.75. The monoisotopic (exact) mass is 431 g/mol. The summed E-state index contributed by atoms with van der Waals surface area (Å²) < 4.78 is 27.3. The number of likely N-dealkylation sites (N-methyl/N-ethyl adjacent to an activating group) is 1. The molecule has 2 aromatic carbocycles. The van der Waals surface area contributed by atoms with Gasteiger partial charge in [0, 0.05) is 23.7 Å². The minimum Gasteiger partial charge on any atom is -0.394 e. The molecule has 1 heterocycles. The number of carbonyl (C=O) groups is 1. The van der Waals surface area contributed by atoms with Crippen LogP contribution in [0.1, 0.15) is 28.9 Å². The van der Waals surface area contributed by atoms with Crippen molar-refractivity contribution in [1.82, 2.24) is 9.88 Å². The molecule has 29 heavy (non-hydrogen) atoms. The van der Waals surface area contributed by atoms with Gasteiger partial charge in [0.15, 0.2) is 5.13 Å². The number of aromatic nitrogens is 1. The van der Waals surface area contributed by atoms with E-state index in [1.807, 2.05) is 37.3 Å². The van der Waals surface area contributed by atoms with E-state index in [0.717, 1.165) is 5.56 Å². The number of benzene rings is 2. The molecule has 0 spiro atoms. The Morgan fingerprint density at radius 2 is 1.86 bits per heavy atom. The Morgan fingerprint density at radius 1 is 1.17 bits per heavy atom. The molecule has 1 atom stereocenters. The maximum absolute atomic E-state index is 13.0. The first kappa shape index (κ1) is 21.0. The van der Waals surface area contributed by atoms with Gasteiger partial charge in [0.2, 0.25) is 0 Å². The highest BCUT2D eigenvalue weighted by molar-refractivity contribution is 7.93. The van der Waals surface area contributed by atoms with Crippen molar-refractivity contribution in [3.63, 3.8) is 0 Å². The van der Waals surface area contributed by atoms with E-state index in [9.17, 15) is 18.3 Å². The molecular formula is C20H21N3O4S2. The van der Waals surface area contributed by atoms with E-state index < -0.39 is 16.1 Å². The highest BCUT2D eigenvalue weighted by Crippen LogP contribution is 2.23. The largest absolute Gasteiger partial charge is 0.394 e. The van der Waals surface area contributed by atoms with Gasteiger partial charge in [-0.1, -0.05) is 30.3 Å². The van der Waals surface area contributed by atoms with Gasteiger partial charge in [0.05, 0.1) is 17.5 Å². The molecule has 0 unspecified atom stereocenters. The third kappa shape index (κ3) is 4.81. The lowest BCUT2D eigenvalue weighted by atomic mass is 10.0. The van der Waals surface area contributed by atoms with Crippen LogP contribution < -0.4 is 4.72 Å². The van der Waals surface area contributed by atoms with Crippen LogP contribution in [-0.2, 0) is 10.0 Å². The van der Waals surface area contributed by atoms with Crippen LogP contribution in [0.4, 0.5) is 5.13 Å². The molecule has 0 radical (unpaired) electrons. The first-order chi connectivity index (χ1) is 14.0. The summed E-state index contributed by atoms with van der Waals surface area (Å²) in [5, 5.41) is 11.8. The molecule has 3 aromatic rings. The smallest absolute Gasteiger partial charge is 0.263 e. The molecule has 0 aliphatic rings. The number of hydrogen-bond donors (Lipinski definition) is 2. The SMILES string of the molecule is CCN(C(=O)c1ccc(S(=O)(=O)Nc2nccs2)cc1)[C@H](CO)c1ccccc1. The lowest BCUT2D eigenvalue weighted by Crippen LogP contribution is -2.36. The summed E-state index contributed by atoms with van der Waals surface area (Å²) in [5.41, 5.74) is 1.17. The number of amides is 1. The van der Waals surface area contributed by atoms with E-state index in [1.54, 1.807) is 10.3 Å². The number of nitrogens with zero attached hydrogens (tertiary/aromatic N) is 2. The molecule has 1 amide bonds. The number of aliphatic hydroxyl groups excluding tert-OH is 1. The van der Waals surface area contributed by atoms with Crippen molar-refractivity contribution in [3.8, 4) is 0 Å². The molecule has 0 aliphatic carbocycles. The number of aliphatic hydroxyl groups is 1. The zero-order valence-corrected chi connectivity index (χ0v) is 17.4. The second-order valence-corrected chi connectivity index (χ2v) is 8.74. The van der Waals surface area contributed by atoms with Crippen molar-refractivity contribution in [2.24, 2.45) is 0 Å². The molecule has 1 aromatic heterocycles. The van der Waals surface area contributed by atoms with Gasteiger partial charge in [0.1, 0.15) is 0 Å². The molecule has 0 bridgehead atoms. The van der Waals surface area contributed by atoms with Crippen LogP contribution in [0, 0.1) is 0 Å². The third-order valence-corrected chi connectivity index (χ3v) is 6.57. The van der Waals surface area contributed by atoms with Crippen LogP contribution in [0.3, 0.4) is 0 Å². The first-order valence-electron chi connectivity index (χ1n) is 8.95. The molecular weight excluding hydrogens is 410 g/mol. The second-order valence-electron chi connectivity index (χ2n) is 6.17. The summed E-state index contributed by atoms with van der Waals surface area (Å²) in [6.45, 7) is 2.01. The molecule has 0 fully saturated rings. The second kappa shape index (κ2) is 9.17. The lowest BCUT2D eigenvalue weighted by Gasteiger charge is -2.30. The zero-order valence-electron chi connectivity index (χ0n) is 15.7. The normalized spacial score (nSPS) is 12.3. The van der Waals surface area contributed by atoms with Crippen LogP contribution >= 0.6 is 11.3 Å². The quantitative estimate of drug-likeness (QED) is 0.571. The molecule has 2 N–H and O–H groups in total. The van der Waals surface area contributed by atoms with E-state index in [0.29, 0.717) is 12.1 Å². The summed E-state index contributed by atoms with van der Waals surface area (Å²) in [7, 11) is -3.78. The summed E-state index contributed by atoms with van der Waals surface area (Å²) in [5.74, 6) is -0.285. The first-order valence-corrected chi connectivity index (χ1v) is 11.3. The number of hydrogen-bond acceptors (Lipinski definition) is 6. The summed E-state index contributed by atoms with van der Waals surface area (Å²) >= 11 is 1.18. The predicted molar refractivity (Wildman–Crippen MR) is 112 cm³/mol. The maximum atomic E-state index is 13.0. The minimum absolute atomic E-state index is 0.0362. The Morgan fingerprint density at radius 3 is 2.41 bits per heavy atom. The Bertz CT molecular complexity index is 1040. The van der Waals surface area contributed by atoms with Crippen LogP contribution in [0.2, 0.25) is 0 Å². The van der Waals surface area contributed by atoms with E-state index in [1.165, 1.54) is 41.8 Å². The standard InChI is InChI=1S/C20H21N3O4S2/c1-2-23(18(14-24)15-6-4-3-5-7-15)19(25)16-8-10-17(11-9-16)29(26,27)22-20-21-12-13-28-20/h3-13,18,24H,2,14H2,1H3,(H,21,22)/t18-/m1/s1. The number of carbonyl (C=O) groups excluding carboxylic acids is 1. The van der Waals surface area contributed by atoms with Gasteiger partial charge >= 0.3 is 0 Å². The fourth-order valence-electron chi connectivity index (χ4n) is 2.95. The highest BCUT2D eigenvalue weighted by atomic mass is 32.2. The van der Waals surface area contributed by atoms with Gasteiger partial charge in [-0.05, 0) is 36.8 Å². The summed E-state index contributed by atoms with van der Waals surface area (Å²) in [6.07, 6.45) is 1.51. The number of sulfonamides is 1. The van der Waals surface area contributed by atoms with Crippen molar-refractivity contribution in [1.29, 1.82) is 0 Å². The van der Waals surface area contributed by atoms with Gasteiger partial charge in [-0.15, -0.1) is 11.3 Å². The number of anilines is 1. The van der Waals surface area contributed by atoms with Crippen LogP contribution in [0.15, 0.2) is 71.1 Å². The van der Waals surface area contributed by atoms with Crippen molar-refractivity contribution in [2.75, 3.05) is 17.9 Å². The Kier molecular flexibility index (Phi) is 6.63. The topological polar surface area (TPSA) is 99.6 Å². The van der Waals surface area contributed by atoms with Crippen LogP contribution in [0.5, 0.6) is 0 Å². The summed E-state index contributed by atoms with van der Waals surface area (Å²) in [6, 6.07) is 14.5. The average molecular weight is 432 g/mol. The van der Waals surface area contributed by atoms with Gasteiger partial charge in [-0.3, -0.25) is 9.52 Å². The van der Waals surface area contributed by atoms with Gasteiger partial charge < -0.3 is 10.0 Å². The fourth-order valence-corrected chi connectivity index (χ4v) is 4.74. The molecule has 0 aliphatic heterocycles. The number of nitrogens with one attached hydrogen (secondary N) is 1. The molecule has 0 saturated heterocycles. The van der Waals surface area contributed by atoms with Crippen molar-refractivity contribution < 1.29 is 18.3 Å². The molecule has 152 valence electrons. The molecule has 9 heteroatoms. The van der Waals surface area contributed by atoms with Gasteiger partial charge in [0.25, 0.3) is 15.9 Å². The molecule has 3 rings (SSSR count). The Balaban J connectivity index is 1.81. The van der Waals surface area contributed by atoms with Gasteiger partial charge in [-0.25, -0.2) is 13.4 Å². The maximum Gasteiger partial charge on any atom is 0.263 e. The lowest BCUT2D eigenvalue weighted by molar-refractivity contribution is 0.0605. The van der Waals surface area contributed by atoms with E-state index in [4.69, 9.17) is 0 Å². The van der Waals surface area contributed by atoms with Crippen molar-refractivity contribution in [2.45, 2.75) is 17.9 Å². The predicted octanol–water partition coefficient (Wildman–Crippen LogP) is 3.14. The number of rotatable bonds is 8. The van der Waals surface area contributed by atoms with Gasteiger partial charge in [-0.2, -0.15) is 0 Å².